The van der Waals surface area contributed by atoms with E-state index in [4.69, 9.17) is 4.74 Å². The second kappa shape index (κ2) is 2.48. The highest BCUT2D eigenvalue weighted by molar-refractivity contribution is 5.30. The first-order valence-electron chi connectivity index (χ1n) is 4.03. The van der Waals surface area contributed by atoms with E-state index in [1.54, 1.807) is 4.68 Å². The van der Waals surface area contributed by atoms with E-state index < -0.39 is 6.10 Å². The van der Waals surface area contributed by atoms with Gasteiger partial charge < -0.3 is 9.84 Å². The normalized spacial score (nSPS) is 21.8. The van der Waals surface area contributed by atoms with Crippen molar-refractivity contribution in [3.8, 4) is 5.88 Å². The third-order valence-electron chi connectivity index (χ3n) is 2.16. The highest BCUT2D eigenvalue weighted by Crippen LogP contribution is 2.24. The Kier molecular flexibility index (Phi) is 1.58. The van der Waals surface area contributed by atoms with Gasteiger partial charge in [0.25, 0.3) is 0 Å². The molecule has 1 aromatic rings. The molecule has 1 N–H and O–H groups in total. The molecule has 0 aromatic carbocycles. The fourth-order valence-electron chi connectivity index (χ4n) is 1.38. The van der Waals surface area contributed by atoms with Gasteiger partial charge in [0.2, 0.25) is 5.88 Å². The van der Waals surface area contributed by atoms with Gasteiger partial charge in [-0.15, -0.1) is 0 Å². The molecule has 2 heterocycles. The maximum Gasteiger partial charge on any atom is 0.215 e. The van der Waals surface area contributed by atoms with E-state index in [1.807, 2.05) is 13.8 Å². The zero-order valence-corrected chi connectivity index (χ0v) is 7.24. The molecule has 4 nitrogen and oxygen atoms in total. The number of hydrogen-bond acceptors (Lipinski definition) is 3. The molecule has 0 fully saturated rings. The van der Waals surface area contributed by atoms with Crippen molar-refractivity contribution >= 4 is 0 Å². The van der Waals surface area contributed by atoms with Crippen LogP contribution in [0.2, 0.25) is 0 Å². The molecule has 4 heteroatoms. The predicted molar refractivity (Wildman–Crippen MR) is 43.2 cm³/mol. The molecule has 1 aliphatic rings. The summed E-state index contributed by atoms with van der Waals surface area (Å²) in [5, 5.41) is 13.5. The van der Waals surface area contributed by atoms with E-state index in [0.29, 0.717) is 13.2 Å². The van der Waals surface area contributed by atoms with Gasteiger partial charge in [0.15, 0.2) is 0 Å². The topological polar surface area (TPSA) is 47.3 Å². The van der Waals surface area contributed by atoms with Crippen LogP contribution in [0.3, 0.4) is 0 Å². The summed E-state index contributed by atoms with van der Waals surface area (Å²) in [6.07, 6.45) is -0.420. The smallest absolute Gasteiger partial charge is 0.215 e. The Morgan fingerprint density at radius 1 is 1.58 bits per heavy atom. The van der Waals surface area contributed by atoms with Crippen LogP contribution in [0.15, 0.2) is 0 Å². The van der Waals surface area contributed by atoms with Crippen molar-refractivity contribution in [1.29, 1.82) is 0 Å². The zero-order valence-electron chi connectivity index (χ0n) is 7.24. The van der Waals surface area contributed by atoms with Crippen LogP contribution in [-0.2, 0) is 6.54 Å². The minimum atomic E-state index is -0.420. The summed E-state index contributed by atoms with van der Waals surface area (Å²) in [6.45, 7) is 4.85. The molecular weight excluding hydrogens is 156 g/mol. The standard InChI is InChI=1S/C8H12N2O2/c1-5-6(2)9-10-3-7(11)4-12-8(5)10/h7,11H,3-4H2,1-2H3. The lowest BCUT2D eigenvalue weighted by molar-refractivity contribution is 0.0553. The lowest BCUT2D eigenvalue weighted by Crippen LogP contribution is -2.30. The number of fused-ring (bicyclic) bond motifs is 1. The highest BCUT2D eigenvalue weighted by atomic mass is 16.5. The average molecular weight is 168 g/mol. The highest BCUT2D eigenvalue weighted by Gasteiger charge is 2.21. The number of hydrogen-bond donors (Lipinski definition) is 1. The van der Waals surface area contributed by atoms with Gasteiger partial charge in [-0.2, -0.15) is 5.10 Å². The van der Waals surface area contributed by atoms with Crippen molar-refractivity contribution in [3.05, 3.63) is 11.3 Å². The number of rotatable bonds is 0. The molecule has 0 saturated heterocycles. The van der Waals surface area contributed by atoms with Crippen LogP contribution in [0.25, 0.3) is 0 Å². The number of nitrogens with zero attached hydrogens (tertiary/aromatic N) is 2. The van der Waals surface area contributed by atoms with Crippen molar-refractivity contribution in [1.82, 2.24) is 9.78 Å². The Morgan fingerprint density at radius 3 is 3.08 bits per heavy atom. The van der Waals surface area contributed by atoms with Crippen molar-refractivity contribution in [2.75, 3.05) is 6.61 Å². The van der Waals surface area contributed by atoms with Crippen LogP contribution in [0.4, 0.5) is 0 Å². The van der Waals surface area contributed by atoms with Crippen LogP contribution in [0, 0.1) is 13.8 Å². The molecule has 0 bridgehead atoms. The van der Waals surface area contributed by atoms with Gasteiger partial charge in [0.1, 0.15) is 12.7 Å². The van der Waals surface area contributed by atoms with Gasteiger partial charge in [0, 0.05) is 5.56 Å². The minimum absolute atomic E-state index is 0.381. The molecule has 1 aromatic heterocycles. The van der Waals surface area contributed by atoms with E-state index in [1.165, 1.54) is 0 Å². The Labute approximate surface area is 70.8 Å². The molecule has 0 amide bonds. The first-order chi connectivity index (χ1) is 5.68. The molecule has 1 unspecified atom stereocenters. The minimum Gasteiger partial charge on any atom is -0.475 e. The number of aromatic nitrogens is 2. The van der Waals surface area contributed by atoms with Gasteiger partial charge in [0.05, 0.1) is 12.2 Å². The molecule has 66 valence electrons. The summed E-state index contributed by atoms with van der Waals surface area (Å²) < 4.78 is 7.06. The Bertz CT molecular complexity index is 306. The molecule has 0 spiro atoms. The van der Waals surface area contributed by atoms with Gasteiger partial charge in [-0.25, -0.2) is 4.68 Å². The van der Waals surface area contributed by atoms with Gasteiger partial charge >= 0.3 is 0 Å². The number of aliphatic hydroxyl groups is 1. The van der Waals surface area contributed by atoms with Crippen LogP contribution in [-0.4, -0.2) is 27.6 Å². The second-order valence-corrected chi connectivity index (χ2v) is 3.16. The molecule has 12 heavy (non-hydrogen) atoms. The van der Waals surface area contributed by atoms with Crippen molar-refractivity contribution < 1.29 is 9.84 Å². The summed E-state index contributed by atoms with van der Waals surface area (Å²) in [5.41, 5.74) is 2.04. The maximum absolute atomic E-state index is 9.27. The second-order valence-electron chi connectivity index (χ2n) is 3.16. The van der Waals surface area contributed by atoms with Crippen molar-refractivity contribution in [3.63, 3.8) is 0 Å². The predicted octanol–water partition coefficient (Wildman–Crippen LogP) is 0.253. The molecule has 1 atom stereocenters. The Hall–Kier alpha value is -1.03. The lowest BCUT2D eigenvalue weighted by Gasteiger charge is -2.20. The number of aryl methyl sites for hydroxylation is 1. The van der Waals surface area contributed by atoms with E-state index in [2.05, 4.69) is 5.10 Å². The van der Waals surface area contributed by atoms with Crippen LogP contribution >= 0.6 is 0 Å². The van der Waals surface area contributed by atoms with Gasteiger partial charge in [-0.3, -0.25) is 0 Å². The molecule has 0 aliphatic carbocycles. The molecule has 2 rings (SSSR count). The van der Waals surface area contributed by atoms with E-state index in [-0.39, 0.29) is 0 Å². The van der Waals surface area contributed by atoms with Crippen molar-refractivity contribution in [2.45, 2.75) is 26.5 Å². The summed E-state index contributed by atoms with van der Waals surface area (Å²) in [6, 6.07) is 0. The SMILES string of the molecule is Cc1nn2c(c1C)OCC(O)C2. The first-order valence-corrected chi connectivity index (χ1v) is 4.03. The average Bonchev–Trinajstić information content (AvgIpc) is 2.28. The van der Waals surface area contributed by atoms with E-state index in [0.717, 1.165) is 17.1 Å². The van der Waals surface area contributed by atoms with Gasteiger partial charge in [-0.1, -0.05) is 0 Å². The first kappa shape index (κ1) is 7.61. The van der Waals surface area contributed by atoms with E-state index >= 15 is 0 Å². The summed E-state index contributed by atoms with van der Waals surface area (Å²) in [4.78, 5) is 0. The maximum atomic E-state index is 9.27. The summed E-state index contributed by atoms with van der Waals surface area (Å²) >= 11 is 0. The lowest BCUT2D eigenvalue weighted by atomic mass is 10.3. The monoisotopic (exact) mass is 168 g/mol. The van der Waals surface area contributed by atoms with Gasteiger partial charge in [-0.05, 0) is 13.8 Å². The molecule has 0 saturated carbocycles. The fourth-order valence-corrected chi connectivity index (χ4v) is 1.38. The van der Waals surface area contributed by atoms with Crippen molar-refractivity contribution in [2.24, 2.45) is 0 Å². The molecular formula is C8H12N2O2. The van der Waals surface area contributed by atoms with Crippen LogP contribution in [0.1, 0.15) is 11.3 Å². The number of ether oxygens (including phenoxy) is 1. The Balaban J connectivity index is 2.43. The third-order valence-corrected chi connectivity index (χ3v) is 2.16. The molecule has 0 radical (unpaired) electrons. The number of aliphatic hydroxyl groups excluding tert-OH is 1. The van der Waals surface area contributed by atoms with Crippen LogP contribution < -0.4 is 4.74 Å². The Morgan fingerprint density at radius 2 is 2.33 bits per heavy atom. The van der Waals surface area contributed by atoms with Crippen LogP contribution in [0.5, 0.6) is 5.88 Å². The summed E-state index contributed by atoms with van der Waals surface area (Å²) in [7, 11) is 0. The third kappa shape index (κ3) is 0.992. The van der Waals surface area contributed by atoms with E-state index in [9.17, 15) is 5.11 Å². The summed E-state index contributed by atoms with van der Waals surface area (Å²) in [5.74, 6) is 0.804. The zero-order chi connectivity index (χ0) is 8.72. The molecule has 1 aliphatic heterocycles. The fraction of sp³-hybridized carbons (Fsp3) is 0.625. The largest absolute Gasteiger partial charge is 0.475 e. The quantitative estimate of drug-likeness (QED) is 0.604.